The maximum Gasteiger partial charge on any atom is 0.193 e. The lowest BCUT2D eigenvalue weighted by atomic mass is 10.1. The highest BCUT2D eigenvalue weighted by molar-refractivity contribution is 14.0. The molecule has 0 saturated carbocycles. The molecule has 0 aliphatic carbocycles. The van der Waals surface area contributed by atoms with E-state index in [0.717, 1.165) is 29.6 Å². The average molecular weight is 407 g/mol. The van der Waals surface area contributed by atoms with Crippen molar-refractivity contribution < 1.29 is 0 Å². The fourth-order valence-corrected chi connectivity index (χ4v) is 2.45. The van der Waals surface area contributed by atoms with Crippen LogP contribution in [0, 0.1) is 5.92 Å². The summed E-state index contributed by atoms with van der Waals surface area (Å²) >= 11 is 1.64. The Morgan fingerprint density at radius 1 is 1.45 bits per heavy atom. The van der Waals surface area contributed by atoms with Gasteiger partial charge in [-0.2, -0.15) is 0 Å². The van der Waals surface area contributed by atoms with Gasteiger partial charge < -0.3 is 10.6 Å². The molecule has 0 fully saturated rings. The van der Waals surface area contributed by atoms with Crippen LogP contribution >= 0.6 is 35.3 Å². The van der Waals surface area contributed by atoms with E-state index < -0.39 is 0 Å². The summed E-state index contributed by atoms with van der Waals surface area (Å²) in [6, 6.07) is 0. The lowest BCUT2D eigenvalue weighted by molar-refractivity contribution is 0.573. The topological polar surface area (TPSA) is 53.7 Å². The molecule has 7 heteroatoms. The number of halogens is 1. The van der Waals surface area contributed by atoms with Crippen molar-refractivity contribution in [2.45, 2.75) is 26.8 Å². The van der Waals surface area contributed by atoms with Gasteiger partial charge in [0.05, 0.1) is 12.2 Å². The molecule has 2 N–H and O–H groups in total. The Morgan fingerprint density at radius 2 is 2.25 bits per heavy atom. The third kappa shape index (κ3) is 4.93. The molecule has 0 aromatic carbocycles. The van der Waals surface area contributed by atoms with Gasteiger partial charge in [0.2, 0.25) is 0 Å². The van der Waals surface area contributed by atoms with Gasteiger partial charge in [-0.25, -0.2) is 4.98 Å². The molecule has 2 heterocycles. The maximum atomic E-state index is 4.52. The normalized spacial score (nSPS) is 11.7. The molecule has 112 valence electrons. The first-order chi connectivity index (χ1) is 9.19. The van der Waals surface area contributed by atoms with Crippen LogP contribution in [-0.4, -0.2) is 28.9 Å². The van der Waals surface area contributed by atoms with Crippen LogP contribution in [0.25, 0.3) is 4.96 Å². The number of rotatable bonds is 5. The van der Waals surface area contributed by atoms with Gasteiger partial charge in [0.25, 0.3) is 0 Å². The Labute approximate surface area is 140 Å². The molecule has 0 radical (unpaired) electrons. The smallest absolute Gasteiger partial charge is 0.193 e. The molecule has 2 aromatic heterocycles. The summed E-state index contributed by atoms with van der Waals surface area (Å²) < 4.78 is 2.04. The Morgan fingerprint density at radius 3 is 2.90 bits per heavy atom. The third-order valence-electron chi connectivity index (χ3n) is 2.82. The van der Waals surface area contributed by atoms with E-state index in [-0.39, 0.29) is 24.0 Å². The van der Waals surface area contributed by atoms with Crippen LogP contribution in [0.5, 0.6) is 0 Å². The SMILES string of the molecule is CN=C(NCCC(C)C)NCc1cn2ccsc2n1.I. The Balaban J connectivity index is 0.00000200. The summed E-state index contributed by atoms with van der Waals surface area (Å²) in [5.41, 5.74) is 1.03. The summed E-state index contributed by atoms with van der Waals surface area (Å²) in [6.07, 6.45) is 5.20. The zero-order valence-electron chi connectivity index (χ0n) is 12.1. The average Bonchev–Trinajstić information content (AvgIpc) is 2.93. The molecule has 2 rings (SSSR count). The molecule has 0 amide bonds. The quantitative estimate of drug-likeness (QED) is 0.455. The number of nitrogens with zero attached hydrogens (tertiary/aromatic N) is 3. The minimum atomic E-state index is 0. The van der Waals surface area contributed by atoms with Crippen molar-refractivity contribution in [2.75, 3.05) is 13.6 Å². The van der Waals surface area contributed by atoms with Gasteiger partial charge >= 0.3 is 0 Å². The highest BCUT2D eigenvalue weighted by atomic mass is 127. The highest BCUT2D eigenvalue weighted by Gasteiger charge is 2.03. The van der Waals surface area contributed by atoms with E-state index in [1.807, 2.05) is 22.2 Å². The van der Waals surface area contributed by atoms with Crippen molar-refractivity contribution >= 4 is 46.2 Å². The molecule has 0 spiro atoms. The highest BCUT2D eigenvalue weighted by Crippen LogP contribution is 2.10. The van der Waals surface area contributed by atoms with Crippen molar-refractivity contribution in [3.05, 3.63) is 23.5 Å². The first-order valence-electron chi connectivity index (χ1n) is 6.54. The molecule has 0 unspecified atom stereocenters. The van der Waals surface area contributed by atoms with Crippen molar-refractivity contribution in [2.24, 2.45) is 10.9 Å². The van der Waals surface area contributed by atoms with Gasteiger partial charge in [0.1, 0.15) is 0 Å². The van der Waals surface area contributed by atoms with Gasteiger partial charge in [0.15, 0.2) is 10.9 Å². The van der Waals surface area contributed by atoms with Crippen LogP contribution in [0.2, 0.25) is 0 Å². The lowest BCUT2D eigenvalue weighted by Crippen LogP contribution is -2.37. The second kappa shape index (κ2) is 8.46. The van der Waals surface area contributed by atoms with E-state index in [0.29, 0.717) is 12.5 Å². The summed E-state index contributed by atoms with van der Waals surface area (Å²) in [7, 11) is 1.79. The van der Waals surface area contributed by atoms with Crippen LogP contribution < -0.4 is 10.6 Å². The van der Waals surface area contributed by atoms with Crippen LogP contribution in [0.1, 0.15) is 26.0 Å². The van der Waals surface area contributed by atoms with Crippen molar-refractivity contribution in [1.29, 1.82) is 0 Å². The first-order valence-corrected chi connectivity index (χ1v) is 7.42. The fraction of sp³-hybridized carbons (Fsp3) is 0.538. The fourth-order valence-electron chi connectivity index (χ4n) is 1.74. The summed E-state index contributed by atoms with van der Waals surface area (Å²) in [6.45, 7) is 6.07. The van der Waals surface area contributed by atoms with E-state index in [1.165, 1.54) is 0 Å². The van der Waals surface area contributed by atoms with Gasteiger partial charge in [-0.1, -0.05) is 13.8 Å². The number of fused-ring (bicyclic) bond motifs is 1. The standard InChI is InChI=1S/C13H21N5S.HI/c1-10(2)4-5-15-12(14-3)16-8-11-9-18-6-7-19-13(18)17-11;/h6-7,9-10H,4-5,8H2,1-3H3,(H2,14,15,16);1H. The van der Waals surface area contributed by atoms with Crippen LogP contribution in [-0.2, 0) is 6.54 Å². The maximum absolute atomic E-state index is 4.52. The van der Waals surface area contributed by atoms with Gasteiger partial charge in [0, 0.05) is 31.4 Å². The Bertz CT molecular complexity index is 517. The van der Waals surface area contributed by atoms with Gasteiger partial charge in [-0.05, 0) is 12.3 Å². The minimum Gasteiger partial charge on any atom is -0.356 e. The number of aliphatic imine (C=N–C) groups is 1. The monoisotopic (exact) mass is 407 g/mol. The second-order valence-corrected chi connectivity index (χ2v) is 5.73. The third-order valence-corrected chi connectivity index (χ3v) is 3.59. The van der Waals surface area contributed by atoms with Crippen LogP contribution in [0.3, 0.4) is 0 Å². The van der Waals surface area contributed by atoms with E-state index >= 15 is 0 Å². The van der Waals surface area contributed by atoms with E-state index in [2.05, 4.69) is 34.5 Å². The molecule has 2 aromatic rings. The van der Waals surface area contributed by atoms with Crippen molar-refractivity contribution in [1.82, 2.24) is 20.0 Å². The molecule has 0 aliphatic heterocycles. The second-order valence-electron chi connectivity index (χ2n) is 4.86. The zero-order valence-corrected chi connectivity index (χ0v) is 15.2. The van der Waals surface area contributed by atoms with Crippen molar-refractivity contribution in [3.63, 3.8) is 0 Å². The molecule has 5 nitrogen and oxygen atoms in total. The summed E-state index contributed by atoms with van der Waals surface area (Å²) in [5, 5.41) is 8.62. The number of thiazole rings is 1. The first kappa shape index (κ1) is 17.2. The Kier molecular flexibility index (Phi) is 7.28. The predicted molar refractivity (Wildman–Crippen MR) is 96.1 cm³/mol. The number of aromatic nitrogens is 2. The van der Waals surface area contributed by atoms with Gasteiger partial charge in [-0.15, -0.1) is 35.3 Å². The number of hydrogen-bond donors (Lipinski definition) is 2. The molecule has 0 aliphatic rings. The zero-order chi connectivity index (χ0) is 13.7. The molecular formula is C13H22IN5S. The number of imidazole rings is 1. The molecular weight excluding hydrogens is 385 g/mol. The lowest BCUT2D eigenvalue weighted by Gasteiger charge is -2.11. The molecule has 0 atom stereocenters. The van der Waals surface area contributed by atoms with Crippen LogP contribution in [0.15, 0.2) is 22.8 Å². The van der Waals surface area contributed by atoms with Crippen LogP contribution in [0.4, 0.5) is 0 Å². The molecule has 0 saturated heterocycles. The van der Waals surface area contributed by atoms with Crippen molar-refractivity contribution in [3.8, 4) is 0 Å². The Hall–Kier alpha value is -0.830. The molecule has 20 heavy (non-hydrogen) atoms. The largest absolute Gasteiger partial charge is 0.356 e. The summed E-state index contributed by atoms with van der Waals surface area (Å²) in [4.78, 5) is 9.76. The number of guanidine groups is 1. The molecule has 0 bridgehead atoms. The van der Waals surface area contributed by atoms with Gasteiger partial charge in [-0.3, -0.25) is 9.39 Å². The van der Waals surface area contributed by atoms with E-state index in [1.54, 1.807) is 18.4 Å². The predicted octanol–water partition coefficient (Wildman–Crippen LogP) is 2.72. The minimum absolute atomic E-state index is 0. The summed E-state index contributed by atoms with van der Waals surface area (Å²) in [5.74, 6) is 1.53. The number of hydrogen-bond acceptors (Lipinski definition) is 3. The van der Waals surface area contributed by atoms with E-state index in [9.17, 15) is 0 Å². The number of nitrogens with one attached hydrogen (secondary N) is 2. The van der Waals surface area contributed by atoms with E-state index in [4.69, 9.17) is 0 Å².